The molecule has 0 fully saturated rings. The molecule has 104 valence electrons. The van der Waals surface area contributed by atoms with Gasteiger partial charge in [-0.05, 0) is 17.7 Å². The second-order valence-electron chi connectivity index (χ2n) is 4.17. The number of hydrogen-bond donors (Lipinski definition) is 2. The lowest BCUT2D eigenvalue weighted by Crippen LogP contribution is -2.24. The number of anilines is 1. The molecule has 0 aromatic heterocycles. The van der Waals surface area contributed by atoms with Crippen LogP contribution < -0.4 is 16.0 Å². The van der Waals surface area contributed by atoms with Gasteiger partial charge >= 0.3 is 0 Å². The number of methoxy groups -OCH3 is 1. The van der Waals surface area contributed by atoms with Gasteiger partial charge in [-0.1, -0.05) is 30.3 Å². The van der Waals surface area contributed by atoms with Crippen LogP contribution in [0.1, 0.15) is 15.9 Å². The van der Waals surface area contributed by atoms with Crippen molar-refractivity contribution < 1.29 is 14.4 Å². The quantitative estimate of drug-likeness (QED) is 0.646. The summed E-state index contributed by atoms with van der Waals surface area (Å²) in [5.74, 6) is 0.0311. The van der Waals surface area contributed by atoms with Crippen molar-refractivity contribution in [2.24, 2.45) is 0 Å². The maximum Gasteiger partial charge on any atom is 0.278 e. The van der Waals surface area contributed by atoms with Gasteiger partial charge < -0.3 is 10.5 Å². The van der Waals surface area contributed by atoms with Crippen LogP contribution in [-0.2, 0) is 11.4 Å². The number of carbonyl (C=O) groups excluding carboxylic acids is 1. The van der Waals surface area contributed by atoms with Gasteiger partial charge in [-0.15, -0.1) is 0 Å². The number of rotatable bonds is 5. The molecule has 0 saturated heterocycles. The molecular weight excluding hydrogens is 256 g/mol. The highest BCUT2D eigenvalue weighted by Gasteiger charge is 2.12. The minimum absolute atomic E-state index is 0.296. The van der Waals surface area contributed by atoms with Crippen LogP contribution in [0.4, 0.5) is 5.69 Å². The highest BCUT2D eigenvalue weighted by atomic mass is 16.6. The summed E-state index contributed by atoms with van der Waals surface area (Å²) in [6.45, 7) is 0.296. The first-order valence-electron chi connectivity index (χ1n) is 6.10. The average molecular weight is 272 g/mol. The van der Waals surface area contributed by atoms with Gasteiger partial charge in [0.05, 0.1) is 19.3 Å². The number of hydroxylamine groups is 1. The van der Waals surface area contributed by atoms with E-state index in [1.165, 1.54) is 7.11 Å². The summed E-state index contributed by atoms with van der Waals surface area (Å²) in [4.78, 5) is 17.1. The van der Waals surface area contributed by atoms with E-state index in [1.54, 1.807) is 18.2 Å². The molecular formula is C15H16N2O3. The molecule has 0 aliphatic rings. The molecule has 0 saturated carbocycles. The van der Waals surface area contributed by atoms with Gasteiger partial charge in [0.2, 0.25) is 0 Å². The van der Waals surface area contributed by atoms with E-state index < -0.39 is 0 Å². The summed E-state index contributed by atoms with van der Waals surface area (Å²) >= 11 is 0. The van der Waals surface area contributed by atoms with Crippen LogP contribution >= 0.6 is 0 Å². The largest absolute Gasteiger partial charge is 0.496 e. The van der Waals surface area contributed by atoms with E-state index in [-0.39, 0.29) is 5.91 Å². The van der Waals surface area contributed by atoms with Crippen molar-refractivity contribution in [2.45, 2.75) is 6.61 Å². The molecule has 0 spiro atoms. The lowest BCUT2D eigenvalue weighted by Gasteiger charge is -2.10. The molecule has 5 nitrogen and oxygen atoms in total. The SMILES string of the molecule is COc1cc(N)ccc1C(=O)NOCc1ccccc1. The van der Waals surface area contributed by atoms with Gasteiger partial charge in [-0.2, -0.15) is 0 Å². The van der Waals surface area contributed by atoms with Crippen LogP contribution in [0, 0.1) is 0 Å². The van der Waals surface area contributed by atoms with Crippen LogP contribution in [0.15, 0.2) is 48.5 Å². The predicted molar refractivity (Wildman–Crippen MR) is 76.1 cm³/mol. The standard InChI is InChI=1S/C15H16N2O3/c1-19-14-9-12(16)7-8-13(14)15(18)17-20-10-11-5-3-2-4-6-11/h2-9H,10,16H2,1H3,(H,17,18). The Morgan fingerprint density at radius 2 is 1.95 bits per heavy atom. The van der Waals surface area contributed by atoms with E-state index in [4.69, 9.17) is 15.3 Å². The van der Waals surface area contributed by atoms with Crippen molar-refractivity contribution >= 4 is 11.6 Å². The molecule has 0 bridgehead atoms. The number of amides is 1. The molecule has 20 heavy (non-hydrogen) atoms. The zero-order valence-electron chi connectivity index (χ0n) is 11.1. The fraction of sp³-hybridized carbons (Fsp3) is 0.133. The van der Waals surface area contributed by atoms with Crippen molar-refractivity contribution in [3.8, 4) is 5.75 Å². The zero-order valence-corrected chi connectivity index (χ0v) is 11.1. The van der Waals surface area contributed by atoms with Gasteiger partial charge in [0.25, 0.3) is 5.91 Å². The molecule has 2 aromatic rings. The molecule has 0 aliphatic carbocycles. The summed E-state index contributed by atoms with van der Waals surface area (Å²) in [5.41, 5.74) is 9.89. The van der Waals surface area contributed by atoms with Crippen LogP contribution in [0.3, 0.4) is 0 Å². The monoisotopic (exact) mass is 272 g/mol. The van der Waals surface area contributed by atoms with Gasteiger partial charge in [0.1, 0.15) is 5.75 Å². The van der Waals surface area contributed by atoms with Crippen molar-refractivity contribution in [1.82, 2.24) is 5.48 Å². The Morgan fingerprint density at radius 1 is 1.20 bits per heavy atom. The van der Waals surface area contributed by atoms with Crippen LogP contribution in [0.5, 0.6) is 5.75 Å². The minimum Gasteiger partial charge on any atom is -0.496 e. The van der Waals surface area contributed by atoms with Crippen molar-refractivity contribution in [2.75, 3.05) is 12.8 Å². The fourth-order valence-corrected chi connectivity index (χ4v) is 1.71. The summed E-state index contributed by atoms with van der Waals surface area (Å²) < 4.78 is 5.12. The van der Waals surface area contributed by atoms with Crippen LogP contribution in [0.2, 0.25) is 0 Å². The average Bonchev–Trinajstić information content (AvgIpc) is 2.48. The van der Waals surface area contributed by atoms with Gasteiger partial charge in [-0.25, -0.2) is 5.48 Å². The maximum atomic E-state index is 12.0. The van der Waals surface area contributed by atoms with E-state index in [0.29, 0.717) is 23.6 Å². The molecule has 0 heterocycles. The number of nitrogens with two attached hydrogens (primary N) is 1. The topological polar surface area (TPSA) is 73.6 Å². The Balaban J connectivity index is 1.95. The predicted octanol–water partition coefficient (Wildman–Crippen LogP) is 2.14. The third kappa shape index (κ3) is 3.49. The van der Waals surface area contributed by atoms with Gasteiger partial charge in [0, 0.05) is 11.8 Å². The third-order valence-electron chi connectivity index (χ3n) is 2.72. The normalized spacial score (nSPS) is 10.1. The van der Waals surface area contributed by atoms with Gasteiger partial charge in [0.15, 0.2) is 0 Å². The second kappa shape index (κ2) is 6.58. The van der Waals surface area contributed by atoms with Crippen molar-refractivity contribution in [3.05, 3.63) is 59.7 Å². The number of nitrogen functional groups attached to an aromatic ring is 1. The molecule has 0 atom stereocenters. The molecule has 0 radical (unpaired) electrons. The molecule has 3 N–H and O–H groups in total. The van der Waals surface area contributed by atoms with Crippen molar-refractivity contribution in [1.29, 1.82) is 0 Å². The van der Waals surface area contributed by atoms with E-state index in [9.17, 15) is 4.79 Å². The van der Waals surface area contributed by atoms with Crippen LogP contribution in [-0.4, -0.2) is 13.0 Å². The first-order valence-corrected chi connectivity index (χ1v) is 6.10. The fourth-order valence-electron chi connectivity index (χ4n) is 1.71. The number of carbonyl (C=O) groups is 1. The third-order valence-corrected chi connectivity index (χ3v) is 2.72. The first kappa shape index (κ1) is 13.9. The van der Waals surface area contributed by atoms with Crippen molar-refractivity contribution in [3.63, 3.8) is 0 Å². The number of ether oxygens (including phenoxy) is 1. The highest BCUT2D eigenvalue weighted by Crippen LogP contribution is 2.21. The molecule has 2 rings (SSSR count). The van der Waals surface area contributed by atoms with Crippen LogP contribution in [0.25, 0.3) is 0 Å². The minimum atomic E-state index is -0.377. The van der Waals surface area contributed by atoms with E-state index in [2.05, 4.69) is 5.48 Å². The second-order valence-corrected chi connectivity index (χ2v) is 4.17. The van der Waals surface area contributed by atoms with E-state index in [0.717, 1.165) is 5.56 Å². The molecule has 2 aromatic carbocycles. The summed E-state index contributed by atoms with van der Waals surface area (Å²) in [6, 6.07) is 14.4. The first-order chi connectivity index (χ1) is 9.70. The van der Waals surface area contributed by atoms with E-state index in [1.807, 2.05) is 30.3 Å². The van der Waals surface area contributed by atoms with Gasteiger partial charge in [-0.3, -0.25) is 9.63 Å². The highest BCUT2D eigenvalue weighted by molar-refractivity contribution is 5.96. The Hall–Kier alpha value is -2.53. The Morgan fingerprint density at radius 3 is 2.65 bits per heavy atom. The lowest BCUT2D eigenvalue weighted by atomic mass is 10.2. The zero-order chi connectivity index (χ0) is 14.4. The molecule has 5 heteroatoms. The molecule has 0 aliphatic heterocycles. The Labute approximate surface area is 117 Å². The molecule has 0 unspecified atom stereocenters. The maximum absolute atomic E-state index is 12.0. The summed E-state index contributed by atoms with van der Waals surface area (Å²) in [6.07, 6.45) is 0. The van der Waals surface area contributed by atoms with E-state index >= 15 is 0 Å². The number of hydrogen-bond acceptors (Lipinski definition) is 4. The Kier molecular flexibility index (Phi) is 4.57. The smallest absolute Gasteiger partial charge is 0.278 e. The summed E-state index contributed by atoms with van der Waals surface area (Å²) in [7, 11) is 1.48. The summed E-state index contributed by atoms with van der Waals surface area (Å²) in [5, 5.41) is 0. The molecule has 1 amide bonds. The Bertz CT molecular complexity index is 585. The number of nitrogens with one attached hydrogen (secondary N) is 1. The number of benzene rings is 2. The lowest BCUT2D eigenvalue weighted by molar-refractivity contribution is 0.0231.